The zero-order chi connectivity index (χ0) is 45.0. The summed E-state index contributed by atoms with van der Waals surface area (Å²) in [5, 5.41) is 72.3. The Balaban J connectivity index is 1.39. The lowest BCUT2D eigenvalue weighted by atomic mass is 9.81. The molecule has 6 rings (SSSR count). The first-order valence-corrected chi connectivity index (χ1v) is 19.0. The molecule has 336 valence electrons. The fourth-order valence-electron chi connectivity index (χ4n) is 7.23. The van der Waals surface area contributed by atoms with Crippen LogP contribution in [0, 0.1) is 11.8 Å². The van der Waals surface area contributed by atoms with Gasteiger partial charge < -0.3 is 83.1 Å². The van der Waals surface area contributed by atoms with E-state index in [0.29, 0.717) is 6.42 Å². The first-order chi connectivity index (χ1) is 29.5. The lowest BCUT2D eigenvalue weighted by molar-refractivity contribution is -0.338. The third-order valence-corrected chi connectivity index (χ3v) is 10.3. The number of cyclic esters (lactones) is 1. The van der Waals surface area contributed by atoms with E-state index in [1.165, 1.54) is 18.2 Å². The number of ether oxygens (including phenoxy) is 10. The second-order valence-electron chi connectivity index (χ2n) is 14.4. The van der Waals surface area contributed by atoms with Gasteiger partial charge in [0.1, 0.15) is 48.3 Å². The Bertz CT molecular complexity index is 2050. The van der Waals surface area contributed by atoms with Gasteiger partial charge in [0.25, 0.3) is 0 Å². The SMILES string of the molecule is C=C[C@H]1C(OC2OC(COC(C)=O)C(OC(=O)c3cccc(O)c3O[C@@H]3O[C@H](CO)[C@@H](O)[C@@H](O)[C@H]3O)C(OC(C)=O)C2OC(=O)c2cccc(O)c2O)OC=C2C(=O)OCC[C@H]21. The van der Waals surface area contributed by atoms with Gasteiger partial charge in [-0.15, -0.1) is 6.58 Å². The first kappa shape index (κ1) is 45.5. The lowest BCUT2D eigenvalue weighted by Gasteiger charge is -2.46. The van der Waals surface area contributed by atoms with E-state index in [-0.39, 0.29) is 12.2 Å². The van der Waals surface area contributed by atoms with Gasteiger partial charge in [-0.1, -0.05) is 18.2 Å². The van der Waals surface area contributed by atoms with Crippen LogP contribution in [0.3, 0.4) is 0 Å². The molecule has 3 saturated heterocycles. The zero-order valence-corrected chi connectivity index (χ0v) is 32.9. The number of phenols is 3. The predicted molar refractivity (Wildman–Crippen MR) is 198 cm³/mol. The molecule has 6 unspecified atom stereocenters. The van der Waals surface area contributed by atoms with Crippen LogP contribution in [0.2, 0.25) is 0 Å². The quantitative estimate of drug-likeness (QED) is 0.0581. The van der Waals surface area contributed by atoms with Gasteiger partial charge in [-0.2, -0.15) is 0 Å². The number of phenolic OH excluding ortho intramolecular Hbond substituents is 3. The van der Waals surface area contributed by atoms with E-state index < -0.39 is 157 Å². The van der Waals surface area contributed by atoms with Crippen LogP contribution in [-0.4, -0.2) is 153 Å². The number of hydrogen-bond donors (Lipinski definition) is 7. The Morgan fingerprint density at radius 2 is 1.45 bits per heavy atom. The molecular weight excluding hydrogens is 832 g/mol. The first-order valence-electron chi connectivity index (χ1n) is 19.0. The lowest BCUT2D eigenvalue weighted by Crippen LogP contribution is -2.64. The summed E-state index contributed by atoms with van der Waals surface area (Å²) in [4.78, 5) is 65.5. The van der Waals surface area contributed by atoms with Crippen LogP contribution in [0.25, 0.3) is 0 Å². The summed E-state index contributed by atoms with van der Waals surface area (Å²) in [5.41, 5.74) is -0.988. The molecule has 0 aliphatic carbocycles. The number of carbonyl (C=O) groups excluding carboxylic acids is 5. The van der Waals surface area contributed by atoms with Crippen molar-refractivity contribution in [3.8, 4) is 23.0 Å². The number of fused-ring (bicyclic) bond motifs is 1. The summed E-state index contributed by atoms with van der Waals surface area (Å²) < 4.78 is 56.8. The molecule has 2 aromatic carbocycles. The highest BCUT2D eigenvalue weighted by atomic mass is 16.8. The Kier molecular flexibility index (Phi) is 14.2. The molecule has 0 bridgehead atoms. The van der Waals surface area contributed by atoms with Crippen molar-refractivity contribution in [1.82, 2.24) is 0 Å². The number of hydrogen-bond acceptors (Lipinski definition) is 22. The summed E-state index contributed by atoms with van der Waals surface area (Å²) in [7, 11) is 0. The maximum Gasteiger partial charge on any atom is 0.342 e. The molecule has 0 aromatic heterocycles. The van der Waals surface area contributed by atoms with E-state index in [9.17, 15) is 59.7 Å². The van der Waals surface area contributed by atoms with Crippen molar-refractivity contribution >= 4 is 29.8 Å². The largest absolute Gasteiger partial charge is 0.504 e. The van der Waals surface area contributed by atoms with Crippen LogP contribution in [0.1, 0.15) is 41.0 Å². The molecule has 2 aromatic rings. The van der Waals surface area contributed by atoms with Gasteiger partial charge in [0.15, 0.2) is 41.3 Å². The van der Waals surface area contributed by atoms with Gasteiger partial charge in [-0.3, -0.25) is 9.59 Å². The van der Waals surface area contributed by atoms with E-state index in [1.807, 2.05) is 0 Å². The van der Waals surface area contributed by atoms with Crippen molar-refractivity contribution in [3.05, 3.63) is 72.0 Å². The van der Waals surface area contributed by atoms with Crippen molar-refractivity contribution in [2.75, 3.05) is 19.8 Å². The molecule has 3 fully saturated rings. The normalized spacial score (nSPS) is 31.7. The highest BCUT2D eigenvalue weighted by Gasteiger charge is 2.55. The van der Waals surface area contributed by atoms with Crippen molar-refractivity contribution in [2.24, 2.45) is 11.8 Å². The number of aliphatic hydroxyl groups excluding tert-OH is 4. The molecule has 4 aliphatic rings. The molecule has 0 saturated carbocycles. The van der Waals surface area contributed by atoms with E-state index in [2.05, 4.69) is 6.58 Å². The molecule has 4 aliphatic heterocycles. The zero-order valence-electron chi connectivity index (χ0n) is 32.9. The van der Waals surface area contributed by atoms with Crippen LogP contribution >= 0.6 is 0 Å². The second-order valence-corrected chi connectivity index (χ2v) is 14.4. The van der Waals surface area contributed by atoms with Crippen LogP contribution in [0.5, 0.6) is 23.0 Å². The predicted octanol–water partition coefficient (Wildman–Crippen LogP) is -0.425. The van der Waals surface area contributed by atoms with E-state index in [0.717, 1.165) is 44.4 Å². The number of aromatic hydroxyl groups is 3. The summed E-state index contributed by atoms with van der Waals surface area (Å²) in [5.74, 6) is -9.58. The highest BCUT2D eigenvalue weighted by molar-refractivity contribution is 5.94. The number of carbonyl (C=O) groups is 5. The van der Waals surface area contributed by atoms with Gasteiger partial charge in [0.2, 0.25) is 18.9 Å². The topological polar surface area (TPSA) is 319 Å². The van der Waals surface area contributed by atoms with Crippen molar-refractivity contribution in [3.63, 3.8) is 0 Å². The molecular formula is C40H44O22. The second kappa shape index (κ2) is 19.4. The Labute approximate surface area is 351 Å². The van der Waals surface area contributed by atoms with Gasteiger partial charge in [-0.25, -0.2) is 14.4 Å². The number of rotatable bonds is 13. The van der Waals surface area contributed by atoms with E-state index >= 15 is 0 Å². The Morgan fingerprint density at radius 1 is 0.790 bits per heavy atom. The van der Waals surface area contributed by atoms with Gasteiger partial charge in [-0.05, 0) is 30.7 Å². The minimum Gasteiger partial charge on any atom is -0.504 e. The summed E-state index contributed by atoms with van der Waals surface area (Å²) in [6.45, 7) is 4.34. The fraction of sp³-hybridized carbons (Fsp3) is 0.475. The number of para-hydroxylation sites is 2. The third kappa shape index (κ3) is 9.55. The summed E-state index contributed by atoms with van der Waals surface area (Å²) >= 11 is 0. The molecule has 22 nitrogen and oxygen atoms in total. The van der Waals surface area contributed by atoms with Gasteiger partial charge in [0.05, 0.1) is 25.0 Å². The molecule has 22 heteroatoms. The Morgan fingerprint density at radius 3 is 2.13 bits per heavy atom. The molecule has 7 N–H and O–H groups in total. The summed E-state index contributed by atoms with van der Waals surface area (Å²) in [6.07, 6.45) is -16.8. The monoisotopic (exact) mass is 876 g/mol. The molecule has 62 heavy (non-hydrogen) atoms. The van der Waals surface area contributed by atoms with Gasteiger partial charge >= 0.3 is 29.8 Å². The van der Waals surface area contributed by atoms with Crippen LogP contribution < -0.4 is 4.74 Å². The van der Waals surface area contributed by atoms with Crippen LogP contribution in [0.15, 0.2) is 60.9 Å². The maximum atomic E-state index is 14.2. The smallest absolute Gasteiger partial charge is 0.342 e. The third-order valence-electron chi connectivity index (χ3n) is 10.3. The number of benzene rings is 2. The fourth-order valence-corrected chi connectivity index (χ4v) is 7.23. The molecule has 4 heterocycles. The average Bonchev–Trinajstić information content (AvgIpc) is 3.23. The molecule has 0 spiro atoms. The van der Waals surface area contributed by atoms with Crippen molar-refractivity contribution < 1.29 is 107 Å². The molecule has 0 amide bonds. The minimum atomic E-state index is -1.98. The summed E-state index contributed by atoms with van der Waals surface area (Å²) in [6, 6.07) is 6.71. The van der Waals surface area contributed by atoms with Crippen molar-refractivity contribution in [2.45, 2.75) is 88.0 Å². The van der Waals surface area contributed by atoms with Crippen molar-refractivity contribution in [1.29, 1.82) is 0 Å². The minimum absolute atomic E-state index is 0.0615. The standard InChI is InChI=1S/C40H44O22/c1-4-18-19-11-12-53-35(50)22(19)14-55-38(18)62-40-34(60-36(51)20-7-5-9-23(44)27(20)46)33(56-17(3)43)32(26(58-40)15-54-16(2)42)59-37(52)21-8-6-10-24(45)31(21)61-39-30(49)29(48)28(47)25(13-41)57-39/h4-10,14,18-19,25-26,28-30,32-34,38-41,44-49H,1,11-13,15H2,2-3H3/t18-,19+,25-,26?,28-,29-,30-,32?,33?,34?,38?,39+,40?/m1/s1. The molecule has 0 radical (unpaired) electrons. The van der Waals surface area contributed by atoms with E-state index in [1.54, 1.807) is 0 Å². The van der Waals surface area contributed by atoms with Gasteiger partial charge in [0, 0.05) is 25.7 Å². The number of aliphatic hydroxyl groups is 4. The maximum absolute atomic E-state index is 14.2. The highest BCUT2D eigenvalue weighted by Crippen LogP contribution is 2.41. The van der Waals surface area contributed by atoms with E-state index in [4.69, 9.17) is 47.4 Å². The number of esters is 5. The van der Waals surface area contributed by atoms with Crippen LogP contribution in [0.4, 0.5) is 0 Å². The Hall–Kier alpha value is -6.01. The average molecular weight is 877 g/mol. The van der Waals surface area contributed by atoms with Crippen LogP contribution in [-0.2, 0) is 57.0 Å². The molecule has 13 atom stereocenters.